The van der Waals surface area contributed by atoms with Crippen molar-refractivity contribution in [3.63, 3.8) is 0 Å². The van der Waals surface area contributed by atoms with Crippen molar-refractivity contribution in [2.45, 2.75) is 50.7 Å². The number of guanidine groups is 1. The van der Waals surface area contributed by atoms with Gasteiger partial charge in [-0.15, -0.1) is 35.3 Å². The number of aromatic nitrogens is 1. The van der Waals surface area contributed by atoms with Gasteiger partial charge in [0.2, 0.25) is 0 Å². The topological polar surface area (TPSA) is 61.8 Å². The Morgan fingerprint density at radius 2 is 1.97 bits per heavy atom. The fraction of sp³-hybridized carbons (Fsp3) is 0.789. The number of alkyl halides is 3. The lowest BCUT2D eigenvalue weighted by Crippen LogP contribution is -2.54. The van der Waals surface area contributed by atoms with Crippen LogP contribution in [0.2, 0.25) is 0 Å². The number of nitrogens with zero attached hydrogens (tertiary/aromatic N) is 3. The lowest BCUT2D eigenvalue weighted by molar-refractivity contribution is -0.140. The van der Waals surface area contributed by atoms with Gasteiger partial charge in [-0.2, -0.15) is 13.2 Å². The van der Waals surface area contributed by atoms with E-state index in [0.29, 0.717) is 30.5 Å². The van der Waals surface area contributed by atoms with Crippen LogP contribution in [-0.2, 0) is 17.3 Å². The summed E-state index contributed by atoms with van der Waals surface area (Å²) in [6.07, 6.45) is 0.476. The standard InChI is InChI=1S/C19H30F3N5OS.HI/c1-2-23-17(24-8-5-16-26-15(13-29-16)19(20,21)22)25-14-18(6-11-28-12-7-18)27-9-3-4-10-27;/h13H,2-12,14H2,1H3,(H2,23,24,25);1H. The third-order valence-corrected chi connectivity index (χ3v) is 6.46. The normalized spacial score (nSPS) is 20.1. The van der Waals surface area contributed by atoms with Gasteiger partial charge in [0.15, 0.2) is 11.7 Å². The van der Waals surface area contributed by atoms with E-state index in [9.17, 15) is 13.2 Å². The van der Waals surface area contributed by atoms with Crippen LogP contribution >= 0.6 is 35.3 Å². The molecular weight excluding hydrogens is 530 g/mol. The summed E-state index contributed by atoms with van der Waals surface area (Å²) in [7, 11) is 0. The maximum absolute atomic E-state index is 12.7. The molecule has 0 amide bonds. The highest BCUT2D eigenvalue weighted by Gasteiger charge is 2.39. The molecule has 1 aromatic rings. The van der Waals surface area contributed by atoms with E-state index in [1.54, 1.807) is 0 Å². The van der Waals surface area contributed by atoms with Gasteiger partial charge in [-0.1, -0.05) is 0 Å². The molecule has 0 aromatic carbocycles. The highest BCUT2D eigenvalue weighted by atomic mass is 127. The van der Waals surface area contributed by atoms with Crippen molar-refractivity contribution >= 4 is 41.3 Å². The second-order valence-electron chi connectivity index (χ2n) is 7.53. The molecule has 0 spiro atoms. The molecule has 30 heavy (non-hydrogen) atoms. The molecule has 2 fully saturated rings. The largest absolute Gasteiger partial charge is 0.434 e. The molecule has 0 unspecified atom stereocenters. The number of halogens is 4. The van der Waals surface area contributed by atoms with Crippen LogP contribution in [0.1, 0.15) is 43.3 Å². The summed E-state index contributed by atoms with van der Waals surface area (Å²) >= 11 is 1.04. The molecule has 2 saturated heterocycles. The molecule has 2 N–H and O–H groups in total. The van der Waals surface area contributed by atoms with E-state index >= 15 is 0 Å². The Hall–Kier alpha value is -0.660. The summed E-state index contributed by atoms with van der Waals surface area (Å²) in [5.41, 5.74) is -0.765. The van der Waals surface area contributed by atoms with Crippen LogP contribution in [0.3, 0.4) is 0 Å². The van der Waals surface area contributed by atoms with E-state index in [0.717, 1.165) is 62.4 Å². The third-order valence-electron chi connectivity index (χ3n) is 5.55. The van der Waals surface area contributed by atoms with Crippen LogP contribution in [0.5, 0.6) is 0 Å². The van der Waals surface area contributed by atoms with Crippen LogP contribution < -0.4 is 10.6 Å². The van der Waals surface area contributed by atoms with Gasteiger partial charge < -0.3 is 15.4 Å². The predicted octanol–water partition coefficient (Wildman–Crippen LogP) is 3.52. The van der Waals surface area contributed by atoms with Crippen LogP contribution in [0, 0.1) is 0 Å². The minimum absolute atomic E-state index is 0. The second kappa shape index (κ2) is 11.8. The Morgan fingerprint density at radius 1 is 1.27 bits per heavy atom. The van der Waals surface area contributed by atoms with Crippen molar-refractivity contribution in [3.8, 4) is 0 Å². The number of nitrogens with one attached hydrogen (secondary N) is 2. The first-order valence-electron chi connectivity index (χ1n) is 10.3. The van der Waals surface area contributed by atoms with Gasteiger partial charge in [0.1, 0.15) is 0 Å². The molecule has 0 radical (unpaired) electrons. The molecule has 0 aliphatic carbocycles. The smallest absolute Gasteiger partial charge is 0.381 e. The van der Waals surface area contributed by atoms with Gasteiger partial charge >= 0.3 is 6.18 Å². The van der Waals surface area contributed by atoms with Gasteiger partial charge in [-0.05, 0) is 45.7 Å². The highest BCUT2D eigenvalue weighted by Crippen LogP contribution is 2.32. The molecular formula is C19H31F3IN5OS. The van der Waals surface area contributed by atoms with Crippen molar-refractivity contribution < 1.29 is 17.9 Å². The number of ether oxygens (including phenoxy) is 1. The molecule has 3 heterocycles. The zero-order valence-electron chi connectivity index (χ0n) is 17.3. The number of hydrogen-bond donors (Lipinski definition) is 2. The molecule has 3 rings (SSSR count). The van der Waals surface area contributed by atoms with Crippen LogP contribution in [0.15, 0.2) is 10.4 Å². The summed E-state index contributed by atoms with van der Waals surface area (Å²) < 4.78 is 43.6. The monoisotopic (exact) mass is 561 g/mol. The molecule has 172 valence electrons. The third kappa shape index (κ3) is 6.92. The van der Waals surface area contributed by atoms with Gasteiger partial charge in [-0.3, -0.25) is 9.89 Å². The molecule has 6 nitrogen and oxygen atoms in total. The number of aliphatic imine (C=N–C) groups is 1. The fourth-order valence-electron chi connectivity index (χ4n) is 3.93. The van der Waals surface area contributed by atoms with Gasteiger partial charge in [-0.25, -0.2) is 4.98 Å². The van der Waals surface area contributed by atoms with Crippen LogP contribution in [0.25, 0.3) is 0 Å². The number of thiazole rings is 1. The van der Waals surface area contributed by atoms with Gasteiger partial charge in [0.05, 0.1) is 11.6 Å². The van der Waals surface area contributed by atoms with Crippen LogP contribution in [-0.4, -0.2) is 67.3 Å². The lowest BCUT2D eigenvalue weighted by atomic mass is 9.88. The fourth-order valence-corrected chi connectivity index (χ4v) is 4.73. The molecule has 2 aliphatic rings. The van der Waals surface area contributed by atoms with Crippen molar-refractivity contribution in [2.24, 2.45) is 4.99 Å². The zero-order chi connectivity index (χ0) is 20.7. The quantitative estimate of drug-likeness (QED) is 0.303. The van der Waals surface area contributed by atoms with Crippen molar-refractivity contribution in [3.05, 3.63) is 16.1 Å². The SMILES string of the molecule is CCNC(=NCC1(N2CCCC2)CCOCC1)NCCc1nc(C(F)(F)F)cs1.I. The molecule has 11 heteroatoms. The minimum atomic E-state index is -4.38. The first kappa shape index (κ1) is 25.6. The Kier molecular flexibility index (Phi) is 10.1. The van der Waals surface area contributed by atoms with E-state index in [1.165, 1.54) is 12.8 Å². The average molecular weight is 561 g/mol. The number of likely N-dealkylation sites (tertiary alicyclic amines) is 1. The summed E-state index contributed by atoms with van der Waals surface area (Å²) in [6, 6.07) is 0. The summed E-state index contributed by atoms with van der Waals surface area (Å²) in [5, 5.41) is 8.02. The second-order valence-corrected chi connectivity index (χ2v) is 8.47. The summed E-state index contributed by atoms with van der Waals surface area (Å²) in [4.78, 5) is 11.1. The van der Waals surface area contributed by atoms with Crippen molar-refractivity contribution in [2.75, 3.05) is 45.9 Å². The van der Waals surface area contributed by atoms with E-state index in [2.05, 4.69) is 20.5 Å². The highest BCUT2D eigenvalue weighted by molar-refractivity contribution is 14.0. The molecule has 0 saturated carbocycles. The van der Waals surface area contributed by atoms with E-state index < -0.39 is 11.9 Å². The summed E-state index contributed by atoms with van der Waals surface area (Å²) in [6.45, 7) is 7.66. The van der Waals surface area contributed by atoms with E-state index in [1.807, 2.05) is 6.92 Å². The Morgan fingerprint density at radius 3 is 2.57 bits per heavy atom. The Bertz CT molecular complexity index is 673. The predicted molar refractivity (Wildman–Crippen MR) is 124 cm³/mol. The molecule has 0 atom stereocenters. The molecule has 0 bridgehead atoms. The number of rotatable bonds is 7. The average Bonchev–Trinajstić information content (AvgIpc) is 3.39. The molecule has 1 aromatic heterocycles. The van der Waals surface area contributed by atoms with Crippen molar-refractivity contribution in [1.29, 1.82) is 0 Å². The van der Waals surface area contributed by atoms with E-state index in [4.69, 9.17) is 9.73 Å². The van der Waals surface area contributed by atoms with Gasteiger partial charge in [0.25, 0.3) is 0 Å². The minimum Gasteiger partial charge on any atom is -0.381 e. The summed E-state index contributed by atoms with van der Waals surface area (Å²) in [5.74, 6) is 0.699. The first-order valence-corrected chi connectivity index (χ1v) is 11.2. The van der Waals surface area contributed by atoms with E-state index in [-0.39, 0.29) is 29.5 Å². The van der Waals surface area contributed by atoms with Crippen molar-refractivity contribution in [1.82, 2.24) is 20.5 Å². The number of hydrogen-bond acceptors (Lipinski definition) is 5. The zero-order valence-corrected chi connectivity index (χ0v) is 20.4. The maximum Gasteiger partial charge on any atom is 0.434 e. The maximum atomic E-state index is 12.7. The lowest BCUT2D eigenvalue weighted by Gasteiger charge is -2.43. The Labute approximate surface area is 197 Å². The van der Waals surface area contributed by atoms with Gasteiger partial charge in [0, 0.05) is 43.6 Å². The molecule has 2 aliphatic heterocycles. The Balaban J connectivity index is 0.00000320. The first-order chi connectivity index (χ1) is 13.9. The van der Waals surface area contributed by atoms with Crippen LogP contribution in [0.4, 0.5) is 13.2 Å².